The van der Waals surface area contributed by atoms with Crippen molar-refractivity contribution in [1.29, 1.82) is 0 Å². The first-order valence-electron chi connectivity index (χ1n) is 11.3. The molecule has 0 spiro atoms. The molecule has 4 rings (SSSR count). The third kappa shape index (κ3) is 6.04. The van der Waals surface area contributed by atoms with E-state index in [-0.39, 0.29) is 0 Å². The minimum absolute atomic E-state index is 0.515. The van der Waals surface area contributed by atoms with Crippen molar-refractivity contribution in [2.75, 3.05) is 13.2 Å². The van der Waals surface area contributed by atoms with Crippen LogP contribution in [0, 0.1) is 27.7 Å². The maximum atomic E-state index is 6.21. The van der Waals surface area contributed by atoms with Crippen LogP contribution in [0.3, 0.4) is 0 Å². The van der Waals surface area contributed by atoms with Crippen molar-refractivity contribution in [1.82, 2.24) is 10.3 Å². The average Bonchev–Trinajstić information content (AvgIpc) is 3.40. The van der Waals surface area contributed by atoms with Gasteiger partial charge in [0.25, 0.3) is 0 Å². The van der Waals surface area contributed by atoms with Crippen molar-refractivity contribution < 1.29 is 18.5 Å². The Labute approximate surface area is 194 Å². The van der Waals surface area contributed by atoms with Gasteiger partial charge in [-0.15, -0.1) is 0 Å². The Morgan fingerprint density at radius 3 is 1.67 bits per heavy atom. The van der Waals surface area contributed by atoms with E-state index in [1.807, 2.05) is 38.1 Å². The van der Waals surface area contributed by atoms with Gasteiger partial charge in [0.05, 0.1) is 24.6 Å². The van der Waals surface area contributed by atoms with Gasteiger partial charge < -0.3 is 18.5 Å². The monoisotopic (exact) mass is 446 g/mol. The van der Waals surface area contributed by atoms with Crippen LogP contribution in [0.15, 0.2) is 57.6 Å². The lowest BCUT2D eigenvalue weighted by Gasteiger charge is -2.17. The van der Waals surface area contributed by atoms with Crippen LogP contribution in [0.4, 0.5) is 0 Å². The molecule has 0 saturated carbocycles. The predicted octanol–water partition coefficient (Wildman–Crippen LogP) is 6.20. The van der Waals surface area contributed by atoms with Crippen molar-refractivity contribution >= 4 is 0 Å². The van der Waals surface area contributed by atoms with Gasteiger partial charge in [-0.2, -0.15) is 0 Å². The van der Waals surface area contributed by atoms with Crippen molar-refractivity contribution in [2.45, 2.75) is 47.0 Å². The van der Waals surface area contributed by atoms with Crippen LogP contribution in [0.25, 0.3) is 11.1 Å². The van der Waals surface area contributed by atoms with Gasteiger partial charge in [0.2, 0.25) is 0 Å². The topological polar surface area (TPSA) is 70.5 Å². The molecule has 33 heavy (non-hydrogen) atoms. The third-order valence-corrected chi connectivity index (χ3v) is 5.36. The first kappa shape index (κ1) is 22.6. The van der Waals surface area contributed by atoms with Crippen molar-refractivity contribution in [3.05, 3.63) is 82.6 Å². The minimum Gasteiger partial charge on any atom is -0.493 e. The molecular formula is C27H30N2O4. The summed E-state index contributed by atoms with van der Waals surface area (Å²) in [5.74, 6) is 3.31. The fourth-order valence-corrected chi connectivity index (χ4v) is 3.73. The van der Waals surface area contributed by atoms with E-state index in [0.717, 1.165) is 58.4 Å². The summed E-state index contributed by atoms with van der Waals surface area (Å²) >= 11 is 0. The molecule has 2 aromatic carbocycles. The Hall–Kier alpha value is -3.54. The molecule has 2 aromatic heterocycles. The summed E-state index contributed by atoms with van der Waals surface area (Å²) in [6, 6.07) is 16.4. The molecule has 0 N–H and O–H groups in total. The largest absolute Gasteiger partial charge is 0.493 e. The molecule has 0 saturated heterocycles. The molecule has 6 nitrogen and oxygen atoms in total. The smallest absolute Gasteiger partial charge is 0.133 e. The Morgan fingerprint density at radius 1 is 0.636 bits per heavy atom. The van der Waals surface area contributed by atoms with E-state index in [2.05, 4.69) is 48.4 Å². The Balaban J connectivity index is 1.48. The lowest BCUT2D eigenvalue weighted by Crippen LogP contribution is -2.04. The van der Waals surface area contributed by atoms with E-state index in [9.17, 15) is 0 Å². The zero-order chi connectivity index (χ0) is 23.2. The quantitative estimate of drug-likeness (QED) is 0.270. The zero-order valence-electron chi connectivity index (χ0n) is 19.7. The number of nitrogens with zero attached hydrogens (tertiary/aromatic N) is 2. The summed E-state index contributed by atoms with van der Waals surface area (Å²) in [6.07, 6.45) is 2.36. The van der Waals surface area contributed by atoms with Crippen LogP contribution < -0.4 is 9.47 Å². The highest BCUT2D eigenvalue weighted by Gasteiger charge is 2.14. The van der Waals surface area contributed by atoms with Crippen molar-refractivity contribution in [3.63, 3.8) is 0 Å². The summed E-state index contributed by atoms with van der Waals surface area (Å²) in [6.45, 7) is 9.07. The SMILES string of the molecule is Cc1ccc(OCCCc2cc(C)on2)c(-c2cc(C)ccc2OCCc2cc(C)on2)c1. The molecule has 0 aliphatic carbocycles. The maximum Gasteiger partial charge on any atom is 0.133 e. The summed E-state index contributed by atoms with van der Waals surface area (Å²) in [4.78, 5) is 0. The van der Waals surface area contributed by atoms with Crippen LogP contribution in [-0.4, -0.2) is 23.5 Å². The molecule has 0 atom stereocenters. The molecule has 0 bridgehead atoms. The lowest BCUT2D eigenvalue weighted by molar-refractivity contribution is 0.307. The average molecular weight is 447 g/mol. The summed E-state index contributed by atoms with van der Waals surface area (Å²) < 4.78 is 22.7. The highest BCUT2D eigenvalue weighted by Crippen LogP contribution is 2.38. The summed E-state index contributed by atoms with van der Waals surface area (Å²) in [7, 11) is 0. The molecule has 0 unspecified atom stereocenters. The van der Waals surface area contributed by atoms with Gasteiger partial charge in [0.15, 0.2) is 0 Å². The first-order valence-corrected chi connectivity index (χ1v) is 11.3. The molecule has 2 heterocycles. The Bertz CT molecular complexity index is 1210. The number of rotatable bonds is 10. The number of ether oxygens (including phenoxy) is 2. The second kappa shape index (κ2) is 10.4. The van der Waals surface area contributed by atoms with E-state index in [1.165, 1.54) is 11.1 Å². The van der Waals surface area contributed by atoms with E-state index < -0.39 is 0 Å². The molecule has 6 heteroatoms. The fourth-order valence-electron chi connectivity index (χ4n) is 3.73. The van der Waals surface area contributed by atoms with E-state index >= 15 is 0 Å². The highest BCUT2D eigenvalue weighted by atomic mass is 16.5. The number of aromatic nitrogens is 2. The molecule has 0 fully saturated rings. The molecular weight excluding hydrogens is 416 g/mol. The molecule has 4 aromatic rings. The van der Waals surface area contributed by atoms with Crippen LogP contribution in [0.1, 0.15) is 40.5 Å². The van der Waals surface area contributed by atoms with Gasteiger partial charge in [-0.25, -0.2) is 0 Å². The van der Waals surface area contributed by atoms with Crippen LogP contribution in [0.5, 0.6) is 11.5 Å². The van der Waals surface area contributed by atoms with Crippen molar-refractivity contribution in [2.24, 2.45) is 0 Å². The van der Waals surface area contributed by atoms with Crippen molar-refractivity contribution in [3.8, 4) is 22.6 Å². The zero-order valence-corrected chi connectivity index (χ0v) is 19.7. The molecule has 0 aliphatic rings. The van der Waals surface area contributed by atoms with Gasteiger partial charge in [-0.1, -0.05) is 33.6 Å². The minimum atomic E-state index is 0.515. The van der Waals surface area contributed by atoms with Crippen LogP contribution >= 0.6 is 0 Å². The van der Waals surface area contributed by atoms with Gasteiger partial charge in [0, 0.05) is 29.7 Å². The fraction of sp³-hybridized carbons (Fsp3) is 0.333. The number of benzene rings is 2. The standard InChI is InChI=1S/C27H30N2O4/c1-18-7-9-26(30-12-5-6-22-16-20(3)32-28-22)24(14-18)25-15-19(2)8-10-27(25)31-13-11-23-17-21(4)33-29-23/h7-10,14-17H,5-6,11-13H2,1-4H3. The highest BCUT2D eigenvalue weighted by molar-refractivity contribution is 5.77. The Morgan fingerprint density at radius 2 is 1.15 bits per heavy atom. The maximum absolute atomic E-state index is 6.21. The van der Waals surface area contributed by atoms with Gasteiger partial charge in [-0.05, 0) is 64.8 Å². The number of aryl methyl sites for hydroxylation is 5. The molecule has 0 amide bonds. The van der Waals surface area contributed by atoms with Crippen LogP contribution in [-0.2, 0) is 12.8 Å². The second-order valence-electron chi connectivity index (χ2n) is 8.41. The lowest BCUT2D eigenvalue weighted by atomic mass is 9.99. The van der Waals surface area contributed by atoms with Gasteiger partial charge in [0.1, 0.15) is 23.0 Å². The van der Waals surface area contributed by atoms with Gasteiger partial charge >= 0.3 is 0 Å². The predicted molar refractivity (Wildman–Crippen MR) is 127 cm³/mol. The number of hydrogen-bond acceptors (Lipinski definition) is 6. The Kier molecular flexibility index (Phi) is 7.13. The molecule has 0 aliphatic heterocycles. The normalized spacial score (nSPS) is 11.0. The summed E-state index contributed by atoms with van der Waals surface area (Å²) in [5.41, 5.74) is 6.24. The second-order valence-corrected chi connectivity index (χ2v) is 8.41. The molecule has 0 radical (unpaired) electrons. The van der Waals surface area contributed by atoms with Crippen LogP contribution in [0.2, 0.25) is 0 Å². The first-order chi connectivity index (χ1) is 16.0. The van der Waals surface area contributed by atoms with E-state index in [1.54, 1.807) is 0 Å². The van der Waals surface area contributed by atoms with E-state index in [0.29, 0.717) is 19.6 Å². The summed E-state index contributed by atoms with van der Waals surface area (Å²) in [5, 5.41) is 8.10. The number of hydrogen-bond donors (Lipinski definition) is 0. The molecule has 172 valence electrons. The van der Waals surface area contributed by atoms with Gasteiger partial charge in [-0.3, -0.25) is 0 Å². The third-order valence-electron chi connectivity index (χ3n) is 5.36. The van der Waals surface area contributed by atoms with E-state index in [4.69, 9.17) is 18.5 Å².